The van der Waals surface area contributed by atoms with Gasteiger partial charge in [-0.05, 0) is 29.7 Å². The molecule has 0 bridgehead atoms. The Hall–Kier alpha value is -3.06. The molecule has 1 unspecified atom stereocenters. The van der Waals surface area contributed by atoms with Gasteiger partial charge in [-0.25, -0.2) is 4.79 Å². The van der Waals surface area contributed by atoms with Crippen LogP contribution >= 0.6 is 11.3 Å². The predicted molar refractivity (Wildman–Crippen MR) is 113 cm³/mol. The molecule has 1 aromatic heterocycles. The number of hydrogen-bond acceptors (Lipinski definition) is 5. The van der Waals surface area contributed by atoms with E-state index in [1.54, 1.807) is 23.2 Å². The number of amides is 2. The van der Waals surface area contributed by atoms with Crippen LogP contribution in [-0.4, -0.2) is 30.1 Å². The lowest BCUT2D eigenvalue weighted by atomic mass is 9.98. The monoisotopic (exact) mass is 407 g/mol. The van der Waals surface area contributed by atoms with Crippen molar-refractivity contribution < 1.29 is 14.3 Å². The number of nitrogens with one attached hydrogen (secondary N) is 2. The molecule has 2 amide bonds. The Kier molecular flexibility index (Phi) is 4.39. The highest BCUT2D eigenvalue weighted by atomic mass is 32.1. The maximum Gasteiger partial charge on any atom is 0.410 e. The first kappa shape index (κ1) is 18.0. The summed E-state index contributed by atoms with van der Waals surface area (Å²) in [6.07, 6.45) is 0.0755. The Balaban J connectivity index is 1.47. The quantitative estimate of drug-likeness (QED) is 0.666. The Morgan fingerprint density at radius 3 is 2.90 bits per heavy atom. The molecule has 0 radical (unpaired) electrons. The molecule has 2 aliphatic heterocycles. The third-order valence-corrected chi connectivity index (χ3v) is 6.64. The highest BCUT2D eigenvalue weighted by Gasteiger charge is 2.34. The lowest BCUT2D eigenvalue weighted by Gasteiger charge is -2.28. The van der Waals surface area contributed by atoms with Gasteiger partial charge in [0.05, 0.1) is 18.7 Å². The summed E-state index contributed by atoms with van der Waals surface area (Å²) in [7, 11) is 0. The van der Waals surface area contributed by atoms with Crippen LogP contribution in [0.15, 0.2) is 42.5 Å². The molecule has 6 nitrogen and oxygen atoms in total. The molecule has 0 aliphatic carbocycles. The number of ether oxygens (including phenoxy) is 1. The van der Waals surface area contributed by atoms with Crippen molar-refractivity contribution >= 4 is 39.1 Å². The molecule has 148 valence electrons. The van der Waals surface area contributed by atoms with Crippen LogP contribution in [0.3, 0.4) is 0 Å². The minimum absolute atomic E-state index is 0.0567. The molecule has 2 N–H and O–H groups in total. The Morgan fingerprint density at radius 1 is 1.21 bits per heavy atom. The Bertz CT molecular complexity index is 1120. The highest BCUT2D eigenvalue weighted by Crippen LogP contribution is 2.41. The van der Waals surface area contributed by atoms with Crippen molar-refractivity contribution in [1.82, 2.24) is 10.2 Å². The van der Waals surface area contributed by atoms with Gasteiger partial charge >= 0.3 is 6.09 Å². The maximum atomic E-state index is 13.0. The lowest BCUT2D eigenvalue weighted by molar-refractivity contribution is 0.0934. The fraction of sp³-hybridized carbons (Fsp3) is 0.273. The molecule has 0 fully saturated rings. The van der Waals surface area contributed by atoms with Gasteiger partial charge in [-0.3, -0.25) is 4.79 Å². The molecule has 5 rings (SSSR count). The van der Waals surface area contributed by atoms with Gasteiger partial charge in [0, 0.05) is 17.0 Å². The molecule has 0 saturated carbocycles. The summed E-state index contributed by atoms with van der Waals surface area (Å²) in [5.41, 5.74) is 2.82. The average molecular weight is 407 g/mol. The average Bonchev–Trinajstić information content (AvgIpc) is 3.11. The van der Waals surface area contributed by atoms with Gasteiger partial charge in [-0.1, -0.05) is 42.5 Å². The minimum Gasteiger partial charge on any atom is -0.450 e. The molecule has 2 aliphatic rings. The number of anilines is 1. The standard InChI is InChI=1S/C22H21N3O3S/c1-2-28-22(27)25-11-10-16-17(12-25)29-21-18(16)20(26)23-19(24-21)15-9-5-7-13-6-3-4-8-14(13)15/h3-9,19,24H,2,10-12H2,1H3,(H,23,26). The lowest BCUT2D eigenvalue weighted by Crippen LogP contribution is -2.39. The smallest absolute Gasteiger partial charge is 0.410 e. The van der Waals surface area contributed by atoms with Gasteiger partial charge in [0.2, 0.25) is 0 Å². The fourth-order valence-corrected chi connectivity index (χ4v) is 5.43. The maximum absolute atomic E-state index is 13.0. The third kappa shape index (κ3) is 3.02. The third-order valence-electron chi connectivity index (χ3n) is 5.50. The summed E-state index contributed by atoms with van der Waals surface area (Å²) in [6.45, 7) is 3.22. The molecule has 2 aromatic carbocycles. The van der Waals surface area contributed by atoms with Gasteiger partial charge in [0.15, 0.2) is 0 Å². The van der Waals surface area contributed by atoms with E-state index in [0.717, 1.165) is 37.3 Å². The van der Waals surface area contributed by atoms with E-state index in [4.69, 9.17) is 4.74 Å². The molecule has 0 spiro atoms. The van der Waals surface area contributed by atoms with Crippen LogP contribution < -0.4 is 10.6 Å². The number of hydrogen-bond donors (Lipinski definition) is 2. The molecular formula is C22H21N3O3S. The van der Waals surface area contributed by atoms with Crippen LogP contribution in [0.1, 0.15) is 39.5 Å². The SMILES string of the molecule is CCOC(=O)N1CCc2c(sc3c2C(=O)NC(c2cccc4ccccc24)N3)C1. The van der Waals surface area contributed by atoms with Crippen LogP contribution in [0.25, 0.3) is 10.8 Å². The second-order valence-corrected chi connectivity index (χ2v) is 8.30. The van der Waals surface area contributed by atoms with Crippen molar-refractivity contribution in [3.05, 3.63) is 64.0 Å². The molecule has 29 heavy (non-hydrogen) atoms. The first-order valence-corrected chi connectivity index (χ1v) is 10.6. The van der Waals surface area contributed by atoms with E-state index in [1.165, 1.54) is 0 Å². The van der Waals surface area contributed by atoms with Crippen molar-refractivity contribution in [2.45, 2.75) is 26.1 Å². The fourth-order valence-electron chi connectivity index (χ4n) is 4.14. The first-order chi connectivity index (χ1) is 14.2. The number of carbonyl (C=O) groups excluding carboxylic acids is 2. The van der Waals surface area contributed by atoms with Crippen molar-refractivity contribution in [2.75, 3.05) is 18.5 Å². The molecule has 1 atom stereocenters. The summed E-state index contributed by atoms with van der Waals surface area (Å²) in [4.78, 5) is 27.9. The highest BCUT2D eigenvalue weighted by molar-refractivity contribution is 7.16. The van der Waals surface area contributed by atoms with E-state index in [9.17, 15) is 9.59 Å². The summed E-state index contributed by atoms with van der Waals surface area (Å²) < 4.78 is 5.13. The van der Waals surface area contributed by atoms with Crippen LogP contribution in [0.5, 0.6) is 0 Å². The van der Waals surface area contributed by atoms with Gasteiger partial charge in [0.25, 0.3) is 5.91 Å². The zero-order valence-electron chi connectivity index (χ0n) is 16.0. The second-order valence-electron chi connectivity index (χ2n) is 7.20. The van der Waals surface area contributed by atoms with Crippen LogP contribution in [0, 0.1) is 0 Å². The van der Waals surface area contributed by atoms with E-state index in [1.807, 2.05) is 24.3 Å². The van der Waals surface area contributed by atoms with Crippen molar-refractivity contribution in [1.29, 1.82) is 0 Å². The van der Waals surface area contributed by atoms with Crippen molar-refractivity contribution in [3.63, 3.8) is 0 Å². The Morgan fingerprint density at radius 2 is 2.03 bits per heavy atom. The van der Waals surface area contributed by atoms with E-state index < -0.39 is 0 Å². The number of benzene rings is 2. The number of carbonyl (C=O) groups is 2. The molecule has 3 aromatic rings. The summed E-state index contributed by atoms with van der Waals surface area (Å²) in [6, 6.07) is 14.3. The molecule has 0 saturated heterocycles. The Labute approximate surface area is 172 Å². The van der Waals surface area contributed by atoms with Crippen LogP contribution in [0.4, 0.5) is 9.80 Å². The van der Waals surface area contributed by atoms with Gasteiger partial charge in [-0.15, -0.1) is 11.3 Å². The molecule has 7 heteroatoms. The largest absolute Gasteiger partial charge is 0.450 e. The van der Waals surface area contributed by atoms with Crippen molar-refractivity contribution in [2.24, 2.45) is 0 Å². The topological polar surface area (TPSA) is 70.7 Å². The summed E-state index contributed by atoms with van der Waals surface area (Å²) in [5.74, 6) is -0.0567. The van der Waals surface area contributed by atoms with Crippen LogP contribution in [-0.2, 0) is 17.7 Å². The van der Waals surface area contributed by atoms with Crippen molar-refractivity contribution in [3.8, 4) is 0 Å². The first-order valence-electron chi connectivity index (χ1n) is 9.77. The molecular weight excluding hydrogens is 386 g/mol. The number of thiophene rings is 1. The zero-order chi connectivity index (χ0) is 20.0. The van der Waals surface area contributed by atoms with E-state index in [2.05, 4.69) is 28.8 Å². The predicted octanol–water partition coefficient (Wildman–Crippen LogP) is 4.27. The van der Waals surface area contributed by atoms with E-state index >= 15 is 0 Å². The summed E-state index contributed by atoms with van der Waals surface area (Å²) in [5, 5.41) is 9.77. The molecule has 3 heterocycles. The minimum atomic E-state index is -0.296. The van der Waals surface area contributed by atoms with Gasteiger partial charge < -0.3 is 20.3 Å². The zero-order valence-corrected chi connectivity index (χ0v) is 16.8. The number of rotatable bonds is 2. The normalized spacial score (nSPS) is 17.9. The van der Waals surface area contributed by atoms with Gasteiger partial charge in [-0.2, -0.15) is 0 Å². The summed E-state index contributed by atoms with van der Waals surface area (Å²) >= 11 is 1.56. The number of fused-ring (bicyclic) bond motifs is 4. The number of nitrogens with zero attached hydrogens (tertiary/aromatic N) is 1. The van der Waals surface area contributed by atoms with Gasteiger partial charge in [0.1, 0.15) is 11.2 Å². The van der Waals surface area contributed by atoms with E-state index in [0.29, 0.717) is 26.1 Å². The van der Waals surface area contributed by atoms with E-state index in [-0.39, 0.29) is 18.2 Å². The van der Waals surface area contributed by atoms with Crippen LogP contribution in [0.2, 0.25) is 0 Å². The second kappa shape index (κ2) is 7.08.